The molecule has 1 heteroatoms. The minimum atomic E-state index is 0.381. The van der Waals surface area contributed by atoms with Crippen molar-refractivity contribution in [2.45, 2.75) is 33.3 Å². The van der Waals surface area contributed by atoms with Crippen LogP contribution >= 0.6 is 0 Å². The van der Waals surface area contributed by atoms with E-state index in [0.717, 1.165) is 13.0 Å². The summed E-state index contributed by atoms with van der Waals surface area (Å²) >= 11 is 0. The van der Waals surface area contributed by atoms with Crippen LogP contribution in [0.15, 0.2) is 0 Å². The van der Waals surface area contributed by atoms with Gasteiger partial charge in [0.15, 0.2) is 0 Å². The molecule has 55 valence electrons. The summed E-state index contributed by atoms with van der Waals surface area (Å²) in [6, 6.07) is 0. The SMILES string of the molecule is [CH2]CCOC(C)C(C)C. The van der Waals surface area contributed by atoms with Crippen LogP contribution in [0.3, 0.4) is 0 Å². The van der Waals surface area contributed by atoms with Crippen LogP contribution in [-0.4, -0.2) is 12.7 Å². The third kappa shape index (κ3) is 4.46. The van der Waals surface area contributed by atoms with Gasteiger partial charge < -0.3 is 4.74 Å². The molecule has 0 saturated heterocycles. The molecule has 0 saturated carbocycles. The molecule has 0 aromatic carbocycles. The van der Waals surface area contributed by atoms with Gasteiger partial charge >= 0.3 is 0 Å². The van der Waals surface area contributed by atoms with Crippen LogP contribution in [0, 0.1) is 12.8 Å². The van der Waals surface area contributed by atoms with Crippen molar-refractivity contribution in [1.82, 2.24) is 0 Å². The van der Waals surface area contributed by atoms with E-state index in [0.29, 0.717) is 12.0 Å². The van der Waals surface area contributed by atoms with E-state index < -0.39 is 0 Å². The molecule has 0 aliphatic rings. The molecule has 1 atom stereocenters. The van der Waals surface area contributed by atoms with Gasteiger partial charge in [-0.25, -0.2) is 0 Å². The predicted octanol–water partition coefficient (Wildman–Crippen LogP) is 2.27. The lowest BCUT2D eigenvalue weighted by atomic mass is 10.1. The van der Waals surface area contributed by atoms with Gasteiger partial charge in [0.2, 0.25) is 0 Å². The number of rotatable bonds is 4. The molecule has 0 bridgehead atoms. The molecule has 9 heavy (non-hydrogen) atoms. The summed E-state index contributed by atoms with van der Waals surface area (Å²) in [6.07, 6.45) is 1.25. The highest BCUT2D eigenvalue weighted by Crippen LogP contribution is 2.04. The zero-order chi connectivity index (χ0) is 7.28. The molecule has 0 aliphatic heterocycles. The Bertz CT molecular complexity index is 59.6. The maximum Gasteiger partial charge on any atom is 0.0569 e. The topological polar surface area (TPSA) is 9.23 Å². The molecule has 1 unspecified atom stereocenters. The highest BCUT2D eigenvalue weighted by Gasteiger charge is 2.04. The van der Waals surface area contributed by atoms with E-state index in [1.54, 1.807) is 0 Å². The van der Waals surface area contributed by atoms with Gasteiger partial charge in [0.25, 0.3) is 0 Å². The van der Waals surface area contributed by atoms with Gasteiger partial charge in [0.1, 0.15) is 0 Å². The van der Waals surface area contributed by atoms with Gasteiger partial charge in [-0.1, -0.05) is 20.8 Å². The molecule has 0 N–H and O–H groups in total. The zero-order valence-corrected chi connectivity index (χ0v) is 6.68. The molecule has 1 radical (unpaired) electrons. The average Bonchev–Trinajstić information content (AvgIpc) is 1.82. The lowest BCUT2D eigenvalue weighted by Crippen LogP contribution is -2.15. The lowest BCUT2D eigenvalue weighted by molar-refractivity contribution is 0.0382. The molecule has 0 aromatic rings. The normalized spacial score (nSPS) is 14.3. The first-order valence-electron chi connectivity index (χ1n) is 3.59. The lowest BCUT2D eigenvalue weighted by Gasteiger charge is -2.15. The Morgan fingerprint density at radius 1 is 1.33 bits per heavy atom. The van der Waals surface area contributed by atoms with Gasteiger partial charge in [0.05, 0.1) is 6.10 Å². The Kier molecular flexibility index (Phi) is 4.78. The fourth-order valence-electron chi connectivity index (χ4n) is 0.462. The first-order chi connectivity index (χ1) is 4.18. The van der Waals surface area contributed by atoms with E-state index in [1.807, 2.05) is 0 Å². The third-order valence-corrected chi connectivity index (χ3v) is 1.46. The fraction of sp³-hybridized carbons (Fsp3) is 0.875. The Labute approximate surface area is 58.4 Å². The fourth-order valence-corrected chi connectivity index (χ4v) is 0.462. The van der Waals surface area contributed by atoms with Crippen molar-refractivity contribution in [3.05, 3.63) is 6.92 Å². The van der Waals surface area contributed by atoms with Crippen LogP contribution in [-0.2, 0) is 4.74 Å². The molecule has 0 spiro atoms. The standard InChI is InChI=1S/C8H17O/c1-5-6-9-8(4)7(2)3/h7-8H,1,5-6H2,2-4H3. The summed E-state index contributed by atoms with van der Waals surface area (Å²) in [6.45, 7) is 10.9. The van der Waals surface area contributed by atoms with Crippen LogP contribution in [0.4, 0.5) is 0 Å². The summed E-state index contributed by atoms with van der Waals surface area (Å²) < 4.78 is 5.39. The van der Waals surface area contributed by atoms with Crippen molar-refractivity contribution in [2.24, 2.45) is 5.92 Å². The van der Waals surface area contributed by atoms with Gasteiger partial charge in [-0.2, -0.15) is 0 Å². The van der Waals surface area contributed by atoms with E-state index >= 15 is 0 Å². The second-order valence-corrected chi connectivity index (χ2v) is 2.67. The Hall–Kier alpha value is -0.0400. The van der Waals surface area contributed by atoms with Crippen LogP contribution in [0.1, 0.15) is 27.2 Å². The molecule has 0 aliphatic carbocycles. The van der Waals surface area contributed by atoms with E-state index in [1.165, 1.54) is 0 Å². The average molecular weight is 129 g/mol. The highest BCUT2D eigenvalue weighted by molar-refractivity contribution is 4.54. The number of hydrogen-bond donors (Lipinski definition) is 0. The Morgan fingerprint density at radius 2 is 1.89 bits per heavy atom. The first-order valence-corrected chi connectivity index (χ1v) is 3.59. The molecule has 0 aromatic heterocycles. The minimum absolute atomic E-state index is 0.381. The van der Waals surface area contributed by atoms with E-state index in [4.69, 9.17) is 4.74 Å². The van der Waals surface area contributed by atoms with Crippen LogP contribution in [0.2, 0.25) is 0 Å². The Morgan fingerprint density at radius 3 is 2.22 bits per heavy atom. The van der Waals surface area contributed by atoms with Gasteiger partial charge in [-0.05, 0) is 19.3 Å². The number of ether oxygens (including phenoxy) is 1. The molecular weight excluding hydrogens is 112 g/mol. The van der Waals surface area contributed by atoms with Gasteiger partial charge in [0, 0.05) is 6.61 Å². The van der Waals surface area contributed by atoms with E-state index in [9.17, 15) is 0 Å². The Balaban J connectivity index is 3.16. The predicted molar refractivity (Wildman–Crippen MR) is 40.2 cm³/mol. The van der Waals surface area contributed by atoms with E-state index in [-0.39, 0.29) is 0 Å². The number of hydrogen-bond acceptors (Lipinski definition) is 1. The van der Waals surface area contributed by atoms with Gasteiger partial charge in [-0.15, -0.1) is 0 Å². The maximum absolute atomic E-state index is 5.39. The van der Waals surface area contributed by atoms with Crippen LogP contribution in [0.25, 0.3) is 0 Å². The van der Waals surface area contributed by atoms with Crippen molar-refractivity contribution in [3.63, 3.8) is 0 Å². The first kappa shape index (κ1) is 8.96. The molecule has 0 amide bonds. The van der Waals surface area contributed by atoms with Crippen LogP contribution < -0.4 is 0 Å². The molecule has 0 rings (SSSR count). The summed E-state index contributed by atoms with van der Waals surface area (Å²) in [5, 5.41) is 0. The quantitative estimate of drug-likeness (QED) is 0.565. The summed E-state index contributed by atoms with van der Waals surface area (Å²) in [7, 11) is 0. The van der Waals surface area contributed by atoms with Crippen molar-refractivity contribution in [2.75, 3.05) is 6.61 Å². The third-order valence-electron chi connectivity index (χ3n) is 1.46. The van der Waals surface area contributed by atoms with Crippen molar-refractivity contribution >= 4 is 0 Å². The molecular formula is C8H17O. The highest BCUT2D eigenvalue weighted by atomic mass is 16.5. The second kappa shape index (κ2) is 4.80. The van der Waals surface area contributed by atoms with Crippen molar-refractivity contribution < 1.29 is 4.74 Å². The minimum Gasteiger partial charge on any atom is -0.378 e. The van der Waals surface area contributed by atoms with Crippen molar-refractivity contribution in [1.29, 1.82) is 0 Å². The monoisotopic (exact) mass is 129 g/mol. The molecule has 1 nitrogen and oxygen atoms in total. The van der Waals surface area contributed by atoms with Gasteiger partial charge in [-0.3, -0.25) is 0 Å². The maximum atomic E-state index is 5.39. The smallest absolute Gasteiger partial charge is 0.0569 e. The van der Waals surface area contributed by atoms with Crippen molar-refractivity contribution in [3.8, 4) is 0 Å². The second-order valence-electron chi connectivity index (χ2n) is 2.67. The summed E-state index contributed by atoms with van der Waals surface area (Å²) in [5.41, 5.74) is 0. The summed E-state index contributed by atoms with van der Waals surface area (Å²) in [4.78, 5) is 0. The zero-order valence-electron chi connectivity index (χ0n) is 6.68. The van der Waals surface area contributed by atoms with Crippen LogP contribution in [0.5, 0.6) is 0 Å². The largest absolute Gasteiger partial charge is 0.378 e. The molecule has 0 fully saturated rings. The molecule has 0 heterocycles. The summed E-state index contributed by atoms with van der Waals surface area (Å²) in [5.74, 6) is 0.622. The van der Waals surface area contributed by atoms with E-state index in [2.05, 4.69) is 27.7 Å².